The molecule has 2 nitrogen and oxygen atoms in total. The summed E-state index contributed by atoms with van der Waals surface area (Å²) in [6.45, 7) is 6.71. The Labute approximate surface area is 111 Å². The van der Waals surface area contributed by atoms with Crippen LogP contribution in [0.3, 0.4) is 0 Å². The number of fused-ring (bicyclic) bond motifs is 1. The van der Waals surface area contributed by atoms with E-state index in [4.69, 9.17) is 0 Å². The van der Waals surface area contributed by atoms with Gasteiger partial charge in [-0.05, 0) is 24.5 Å². The van der Waals surface area contributed by atoms with Gasteiger partial charge < -0.3 is 5.32 Å². The third-order valence-corrected chi connectivity index (χ3v) is 3.10. The second-order valence-electron chi connectivity index (χ2n) is 4.82. The minimum atomic E-state index is -2.55. The number of benzene rings is 1. The molecule has 1 N–H and O–H groups in total. The van der Waals surface area contributed by atoms with Gasteiger partial charge in [-0.3, -0.25) is 0 Å². The van der Waals surface area contributed by atoms with E-state index in [2.05, 4.69) is 10.3 Å². The molecule has 2 aromatic rings. The molecule has 1 aromatic carbocycles. The van der Waals surface area contributed by atoms with Crippen molar-refractivity contribution in [2.75, 3.05) is 11.9 Å². The predicted molar refractivity (Wildman–Crippen MR) is 75.0 cm³/mol. The van der Waals surface area contributed by atoms with E-state index in [9.17, 15) is 8.78 Å². The Morgan fingerprint density at radius 2 is 2.00 bits per heavy atom. The van der Waals surface area contributed by atoms with Crippen LogP contribution in [0, 0.1) is 0 Å². The van der Waals surface area contributed by atoms with Gasteiger partial charge in [-0.1, -0.05) is 32.0 Å². The number of aromatic nitrogens is 1. The lowest BCUT2D eigenvalue weighted by molar-refractivity contribution is 0.146. The molecule has 0 atom stereocenters. The Hall–Kier alpha value is -1.71. The highest BCUT2D eigenvalue weighted by atomic mass is 19.3. The average Bonchev–Trinajstić information content (AvgIpc) is 2.37. The first-order valence-electron chi connectivity index (χ1n) is 6.50. The quantitative estimate of drug-likeness (QED) is 0.863. The number of hydrogen-bond acceptors (Lipinski definition) is 2. The minimum Gasteiger partial charge on any atom is -0.385 e. The molecular formula is C15H18F2N2. The van der Waals surface area contributed by atoms with Gasteiger partial charge in [-0.25, -0.2) is 13.8 Å². The number of nitrogens with one attached hydrogen (secondary N) is 1. The van der Waals surface area contributed by atoms with Crippen LogP contribution in [0.2, 0.25) is 0 Å². The van der Waals surface area contributed by atoms with Crippen LogP contribution >= 0.6 is 0 Å². The summed E-state index contributed by atoms with van der Waals surface area (Å²) in [5.41, 5.74) is 2.23. The normalized spacial score (nSPS) is 11.5. The molecule has 0 bridgehead atoms. The zero-order valence-electron chi connectivity index (χ0n) is 11.4. The van der Waals surface area contributed by atoms with Gasteiger partial charge in [0.25, 0.3) is 6.43 Å². The fourth-order valence-electron chi connectivity index (χ4n) is 2.20. The molecule has 19 heavy (non-hydrogen) atoms. The molecule has 0 radical (unpaired) electrons. The highest BCUT2D eigenvalue weighted by molar-refractivity contribution is 5.93. The zero-order valence-corrected chi connectivity index (χ0v) is 11.4. The molecule has 4 heteroatoms. The maximum Gasteiger partial charge on any atom is 0.280 e. The summed E-state index contributed by atoms with van der Waals surface area (Å²) in [5.74, 6) is 0.249. The van der Waals surface area contributed by atoms with E-state index in [0.29, 0.717) is 12.1 Å². The van der Waals surface area contributed by atoms with Crippen molar-refractivity contribution in [2.24, 2.45) is 0 Å². The molecular weight excluding hydrogens is 246 g/mol. The van der Waals surface area contributed by atoms with Crippen LogP contribution in [0.4, 0.5) is 14.5 Å². The first-order valence-corrected chi connectivity index (χ1v) is 6.50. The molecule has 1 heterocycles. The summed E-state index contributed by atoms with van der Waals surface area (Å²) in [7, 11) is 0. The highest BCUT2D eigenvalue weighted by Crippen LogP contribution is 2.32. The number of para-hydroxylation sites is 1. The van der Waals surface area contributed by atoms with Crippen LogP contribution in [-0.4, -0.2) is 11.5 Å². The smallest absolute Gasteiger partial charge is 0.280 e. The van der Waals surface area contributed by atoms with Crippen LogP contribution in [-0.2, 0) is 0 Å². The first kappa shape index (κ1) is 13.7. The minimum absolute atomic E-state index is 0.170. The molecule has 0 spiro atoms. The number of halogens is 2. The molecule has 0 unspecified atom stereocenters. The van der Waals surface area contributed by atoms with Crippen molar-refractivity contribution >= 4 is 16.6 Å². The molecule has 102 valence electrons. The van der Waals surface area contributed by atoms with Gasteiger partial charge in [0.1, 0.15) is 5.69 Å². The molecule has 2 rings (SSSR count). The van der Waals surface area contributed by atoms with Crippen molar-refractivity contribution in [1.82, 2.24) is 4.98 Å². The van der Waals surface area contributed by atoms with Crippen LogP contribution in [0.25, 0.3) is 10.9 Å². The van der Waals surface area contributed by atoms with Crippen LogP contribution in [0.15, 0.2) is 24.3 Å². The lowest BCUT2D eigenvalue weighted by atomic mass is 9.98. The molecule has 0 aliphatic carbocycles. The molecule has 0 aliphatic rings. The Kier molecular flexibility index (Phi) is 3.98. The Bertz CT molecular complexity index is 580. The number of hydrogen-bond donors (Lipinski definition) is 1. The van der Waals surface area contributed by atoms with Crippen molar-refractivity contribution in [3.05, 3.63) is 35.5 Å². The van der Waals surface area contributed by atoms with Gasteiger partial charge in [-0.2, -0.15) is 0 Å². The average molecular weight is 264 g/mol. The van der Waals surface area contributed by atoms with Gasteiger partial charge in [0.15, 0.2) is 0 Å². The van der Waals surface area contributed by atoms with Crippen LogP contribution in [0.1, 0.15) is 44.4 Å². The van der Waals surface area contributed by atoms with Crippen molar-refractivity contribution < 1.29 is 8.78 Å². The molecule has 0 saturated carbocycles. The van der Waals surface area contributed by atoms with Gasteiger partial charge in [-0.15, -0.1) is 0 Å². The fraction of sp³-hybridized carbons (Fsp3) is 0.400. The third-order valence-electron chi connectivity index (χ3n) is 3.10. The van der Waals surface area contributed by atoms with E-state index >= 15 is 0 Å². The lowest BCUT2D eigenvalue weighted by Gasteiger charge is -2.14. The summed E-state index contributed by atoms with van der Waals surface area (Å²) in [6.07, 6.45) is -2.55. The van der Waals surface area contributed by atoms with E-state index in [0.717, 1.165) is 16.6 Å². The highest BCUT2D eigenvalue weighted by Gasteiger charge is 2.15. The SMILES string of the molecule is CCNc1cc(C(F)F)nc2c(C(C)C)cccc12. The summed E-state index contributed by atoms with van der Waals surface area (Å²) < 4.78 is 25.9. The van der Waals surface area contributed by atoms with E-state index in [1.165, 1.54) is 6.07 Å². The van der Waals surface area contributed by atoms with E-state index in [1.807, 2.05) is 39.0 Å². The second-order valence-corrected chi connectivity index (χ2v) is 4.82. The lowest BCUT2D eigenvalue weighted by Crippen LogP contribution is -2.03. The molecule has 0 fully saturated rings. The molecule has 0 amide bonds. The Morgan fingerprint density at radius 1 is 1.26 bits per heavy atom. The van der Waals surface area contributed by atoms with Crippen LogP contribution < -0.4 is 5.32 Å². The number of alkyl halides is 2. The number of pyridine rings is 1. The van der Waals surface area contributed by atoms with E-state index < -0.39 is 6.43 Å². The van der Waals surface area contributed by atoms with Gasteiger partial charge >= 0.3 is 0 Å². The fourth-order valence-corrected chi connectivity index (χ4v) is 2.20. The van der Waals surface area contributed by atoms with Crippen molar-refractivity contribution in [3.8, 4) is 0 Å². The predicted octanol–water partition coefficient (Wildman–Crippen LogP) is 4.73. The first-order chi connectivity index (χ1) is 9.04. The van der Waals surface area contributed by atoms with Gasteiger partial charge in [0, 0.05) is 17.6 Å². The Balaban J connectivity index is 2.75. The topological polar surface area (TPSA) is 24.9 Å². The van der Waals surface area contributed by atoms with Crippen molar-refractivity contribution in [3.63, 3.8) is 0 Å². The number of anilines is 1. The van der Waals surface area contributed by atoms with Crippen molar-refractivity contribution in [1.29, 1.82) is 0 Å². The molecule has 0 aliphatic heterocycles. The summed E-state index contributed by atoms with van der Waals surface area (Å²) >= 11 is 0. The maximum atomic E-state index is 13.0. The Morgan fingerprint density at radius 3 is 2.58 bits per heavy atom. The number of nitrogens with zero attached hydrogens (tertiary/aromatic N) is 1. The standard InChI is InChI=1S/C15H18F2N2/c1-4-18-12-8-13(15(16)17)19-14-10(9(2)3)6-5-7-11(12)14/h5-9,15H,4H2,1-3H3,(H,18,19). The summed E-state index contributed by atoms with van der Waals surface area (Å²) in [5, 5.41) is 4.04. The summed E-state index contributed by atoms with van der Waals surface area (Å²) in [4.78, 5) is 4.15. The monoisotopic (exact) mass is 264 g/mol. The van der Waals surface area contributed by atoms with Gasteiger partial charge in [0.2, 0.25) is 0 Å². The second kappa shape index (κ2) is 5.51. The van der Waals surface area contributed by atoms with E-state index in [-0.39, 0.29) is 11.6 Å². The summed E-state index contributed by atoms with van der Waals surface area (Å²) in [6, 6.07) is 7.26. The number of rotatable bonds is 4. The van der Waals surface area contributed by atoms with Crippen molar-refractivity contribution in [2.45, 2.75) is 33.1 Å². The van der Waals surface area contributed by atoms with E-state index in [1.54, 1.807) is 0 Å². The maximum absolute atomic E-state index is 13.0. The molecule has 1 aromatic heterocycles. The van der Waals surface area contributed by atoms with Gasteiger partial charge in [0.05, 0.1) is 5.52 Å². The third kappa shape index (κ3) is 2.67. The van der Waals surface area contributed by atoms with Crippen LogP contribution in [0.5, 0.6) is 0 Å². The zero-order chi connectivity index (χ0) is 14.0. The molecule has 0 saturated heterocycles. The largest absolute Gasteiger partial charge is 0.385 e.